The molecule has 5 saturated carbocycles. The van der Waals surface area contributed by atoms with E-state index in [4.69, 9.17) is 10.2 Å². The number of oxazole rings is 1. The van der Waals surface area contributed by atoms with Crippen molar-refractivity contribution in [3.05, 3.63) is 24.6 Å². The monoisotopic (exact) mass is 463 g/mol. The molecule has 0 amide bonds. The highest BCUT2D eigenvalue weighted by atomic mass is 16.3. The second-order valence-electron chi connectivity index (χ2n) is 12.7. The molecule has 1 aromatic rings. The predicted molar refractivity (Wildman–Crippen MR) is 134 cm³/mol. The molecule has 11 atom stereocenters. The minimum atomic E-state index is 0.166. The molecule has 5 fully saturated rings. The first-order valence-corrected chi connectivity index (χ1v) is 13.8. The molecule has 1 heterocycles. The Bertz CT molecular complexity index is 984. The van der Waals surface area contributed by atoms with Crippen LogP contribution in [0.5, 0.6) is 0 Å². The third-order valence-electron chi connectivity index (χ3n) is 11.2. The molecule has 5 nitrogen and oxygen atoms in total. The Morgan fingerprint density at radius 3 is 2.76 bits per heavy atom. The molecule has 184 valence electrons. The van der Waals surface area contributed by atoms with Gasteiger partial charge in [-0.25, -0.2) is 4.98 Å². The van der Waals surface area contributed by atoms with Crippen molar-refractivity contribution in [3.63, 3.8) is 0 Å². The summed E-state index contributed by atoms with van der Waals surface area (Å²) in [7, 11) is 0. The highest BCUT2D eigenvalue weighted by Crippen LogP contribution is 2.76. The summed E-state index contributed by atoms with van der Waals surface area (Å²) in [4.78, 5) is 22.3. The van der Waals surface area contributed by atoms with Crippen molar-refractivity contribution in [2.24, 2.45) is 75.3 Å². The first kappa shape index (κ1) is 22.5. The van der Waals surface area contributed by atoms with Crippen LogP contribution in [0.2, 0.25) is 0 Å². The van der Waals surface area contributed by atoms with E-state index in [2.05, 4.69) is 30.7 Å². The lowest BCUT2D eigenvalue weighted by atomic mass is 9.47. The van der Waals surface area contributed by atoms with Gasteiger partial charge in [0.25, 0.3) is 0 Å². The van der Waals surface area contributed by atoms with Crippen molar-refractivity contribution in [1.29, 1.82) is 0 Å². The van der Waals surface area contributed by atoms with Gasteiger partial charge in [0.05, 0.1) is 18.3 Å². The Hall–Kier alpha value is -1.91. The number of hydrogen-bond acceptors (Lipinski definition) is 5. The van der Waals surface area contributed by atoms with Crippen molar-refractivity contribution in [3.8, 4) is 0 Å². The molecule has 5 heteroatoms. The Morgan fingerprint density at radius 1 is 1.18 bits per heavy atom. The molecule has 5 aliphatic carbocycles. The highest BCUT2D eigenvalue weighted by Gasteiger charge is 2.73. The van der Waals surface area contributed by atoms with Crippen LogP contribution in [0.4, 0.5) is 0 Å². The van der Waals surface area contributed by atoms with E-state index in [1.165, 1.54) is 57.4 Å². The SMILES string of the molecule is CC1CCC2C(CCC3C2CCC2(C)C(C(=O)CN=CC(=CN)c4ncco4)C4C(C)C4C32)C1. The minimum absolute atomic E-state index is 0.166. The summed E-state index contributed by atoms with van der Waals surface area (Å²) in [5, 5.41) is 0. The standard InChI is InChI=1S/C29H41N3O2/c1-16-4-6-20-18(12-16)5-7-22-21(20)8-9-29(3)26(22)24-17(2)25(24)27(29)23(33)15-31-14-19(13-30)28-32-10-11-34-28/h10-11,13-14,16-18,20-22,24-27H,4-9,12,15,30H2,1-3H3. The summed E-state index contributed by atoms with van der Waals surface area (Å²) >= 11 is 0. The molecule has 0 bridgehead atoms. The van der Waals surface area contributed by atoms with Gasteiger partial charge in [0.2, 0.25) is 5.89 Å². The van der Waals surface area contributed by atoms with E-state index in [1.54, 1.807) is 12.4 Å². The molecule has 11 unspecified atom stereocenters. The third kappa shape index (κ3) is 3.36. The largest absolute Gasteiger partial charge is 0.444 e. The number of carbonyl (C=O) groups is 1. The van der Waals surface area contributed by atoms with Gasteiger partial charge in [-0.15, -0.1) is 0 Å². The number of ketones is 1. The van der Waals surface area contributed by atoms with Crippen LogP contribution < -0.4 is 5.73 Å². The maximum absolute atomic E-state index is 13.7. The molecule has 6 rings (SSSR count). The van der Waals surface area contributed by atoms with Crippen molar-refractivity contribution >= 4 is 17.6 Å². The lowest BCUT2D eigenvalue weighted by Crippen LogP contribution is -2.51. The van der Waals surface area contributed by atoms with Gasteiger partial charge < -0.3 is 10.2 Å². The minimum Gasteiger partial charge on any atom is -0.444 e. The van der Waals surface area contributed by atoms with Crippen LogP contribution in [0, 0.1) is 64.6 Å². The average Bonchev–Trinajstić information content (AvgIpc) is 3.19. The normalized spacial score (nSPS) is 47.6. The van der Waals surface area contributed by atoms with E-state index in [0.29, 0.717) is 29.1 Å². The molecule has 1 aromatic heterocycles. The molecular weight excluding hydrogens is 422 g/mol. The number of allylic oxidation sites excluding steroid dienone is 1. The van der Waals surface area contributed by atoms with E-state index >= 15 is 0 Å². The Kier molecular flexibility index (Phi) is 5.53. The Morgan fingerprint density at radius 2 is 2.00 bits per heavy atom. The van der Waals surface area contributed by atoms with Gasteiger partial charge in [-0.3, -0.25) is 9.79 Å². The van der Waals surface area contributed by atoms with E-state index in [0.717, 1.165) is 41.4 Å². The molecule has 2 N–H and O–H groups in total. The third-order valence-corrected chi connectivity index (χ3v) is 11.2. The number of fused-ring (bicyclic) bond motifs is 7. The first-order chi connectivity index (χ1) is 16.4. The smallest absolute Gasteiger partial charge is 0.228 e. The van der Waals surface area contributed by atoms with Crippen LogP contribution >= 0.6 is 0 Å². The molecule has 0 radical (unpaired) electrons. The lowest BCUT2D eigenvalue weighted by Gasteiger charge is -2.57. The van der Waals surface area contributed by atoms with Crippen LogP contribution in [0.3, 0.4) is 0 Å². The van der Waals surface area contributed by atoms with Gasteiger partial charge >= 0.3 is 0 Å². The summed E-state index contributed by atoms with van der Waals surface area (Å²) in [5.41, 5.74) is 6.52. The quantitative estimate of drug-likeness (QED) is 0.575. The van der Waals surface area contributed by atoms with E-state index in [9.17, 15) is 4.79 Å². The number of nitrogens with zero attached hydrogens (tertiary/aromatic N) is 2. The van der Waals surface area contributed by atoms with Crippen molar-refractivity contribution in [1.82, 2.24) is 4.98 Å². The van der Waals surface area contributed by atoms with E-state index in [-0.39, 0.29) is 17.9 Å². The summed E-state index contributed by atoms with van der Waals surface area (Å²) in [6.45, 7) is 7.58. The molecule has 0 aliphatic heterocycles. The fraction of sp³-hybridized carbons (Fsp3) is 0.759. The Labute approximate surface area is 204 Å². The van der Waals surface area contributed by atoms with Gasteiger partial charge in [0.15, 0.2) is 5.78 Å². The van der Waals surface area contributed by atoms with E-state index in [1.807, 2.05) is 0 Å². The first-order valence-electron chi connectivity index (χ1n) is 13.8. The summed E-state index contributed by atoms with van der Waals surface area (Å²) in [5.74, 6) is 8.37. The second-order valence-corrected chi connectivity index (χ2v) is 12.7. The molecule has 0 saturated heterocycles. The van der Waals surface area contributed by atoms with Gasteiger partial charge in [-0.1, -0.05) is 27.2 Å². The van der Waals surface area contributed by atoms with Crippen molar-refractivity contribution < 1.29 is 9.21 Å². The van der Waals surface area contributed by atoms with Crippen LogP contribution in [0.25, 0.3) is 5.57 Å². The zero-order valence-corrected chi connectivity index (χ0v) is 21.0. The zero-order valence-electron chi connectivity index (χ0n) is 21.0. The second kappa shape index (κ2) is 8.34. The van der Waals surface area contributed by atoms with Gasteiger partial charge in [-0.05, 0) is 97.2 Å². The number of hydrogen-bond donors (Lipinski definition) is 1. The number of nitrogens with two attached hydrogens (primary N) is 1. The van der Waals surface area contributed by atoms with Crippen molar-refractivity contribution in [2.45, 2.75) is 65.7 Å². The number of aliphatic imine (C=N–C) groups is 1. The van der Waals surface area contributed by atoms with E-state index < -0.39 is 0 Å². The number of rotatable bonds is 5. The average molecular weight is 464 g/mol. The van der Waals surface area contributed by atoms with Gasteiger partial charge in [0, 0.05) is 18.3 Å². The maximum atomic E-state index is 13.7. The van der Waals surface area contributed by atoms with Gasteiger partial charge in [-0.2, -0.15) is 0 Å². The molecule has 5 aliphatic rings. The fourth-order valence-corrected chi connectivity index (χ4v) is 9.96. The number of aromatic nitrogens is 1. The molecule has 0 spiro atoms. The van der Waals surface area contributed by atoms with Crippen LogP contribution in [0.1, 0.15) is 71.6 Å². The predicted octanol–water partition coefficient (Wildman–Crippen LogP) is 5.62. The lowest BCUT2D eigenvalue weighted by molar-refractivity contribution is -0.133. The highest BCUT2D eigenvalue weighted by molar-refractivity contribution is 6.08. The van der Waals surface area contributed by atoms with Crippen molar-refractivity contribution in [2.75, 3.05) is 6.54 Å². The topological polar surface area (TPSA) is 81.5 Å². The van der Waals surface area contributed by atoms with Gasteiger partial charge in [0.1, 0.15) is 6.26 Å². The summed E-state index contributed by atoms with van der Waals surface area (Å²) in [6.07, 6.45) is 16.0. The molecule has 34 heavy (non-hydrogen) atoms. The fourth-order valence-electron chi connectivity index (χ4n) is 9.96. The molecule has 0 aromatic carbocycles. The maximum Gasteiger partial charge on any atom is 0.228 e. The number of Topliss-reactive ketones (excluding diaryl/α,β-unsaturated/α-hetero) is 1. The number of carbonyl (C=O) groups excluding carboxylic acids is 1. The molecular formula is C29H41N3O2. The summed E-state index contributed by atoms with van der Waals surface area (Å²) in [6, 6.07) is 0. The van der Waals surface area contributed by atoms with Crippen LogP contribution in [0.15, 0.2) is 28.1 Å². The zero-order chi connectivity index (χ0) is 23.6. The van der Waals surface area contributed by atoms with Crippen LogP contribution in [-0.2, 0) is 4.79 Å². The van der Waals surface area contributed by atoms with Crippen LogP contribution in [-0.4, -0.2) is 23.5 Å². The summed E-state index contributed by atoms with van der Waals surface area (Å²) < 4.78 is 5.33. The Balaban J connectivity index is 1.19.